The third-order valence-corrected chi connectivity index (χ3v) is 9.59. The molecule has 43 heavy (non-hydrogen) atoms. The van der Waals surface area contributed by atoms with Gasteiger partial charge in [-0.3, -0.25) is 4.79 Å². The zero-order valence-electron chi connectivity index (χ0n) is 24.4. The molecule has 0 radical (unpaired) electrons. The number of alkyl carbamates (subject to hydrolysis) is 1. The molecule has 224 valence electrons. The van der Waals surface area contributed by atoms with E-state index < -0.39 is 11.7 Å². The van der Waals surface area contributed by atoms with Crippen molar-refractivity contribution in [2.45, 2.75) is 61.6 Å². The summed E-state index contributed by atoms with van der Waals surface area (Å²) in [5.41, 5.74) is 1.83. The first kappa shape index (κ1) is 29.3. The molecule has 2 aromatic carbocycles. The smallest absolute Gasteiger partial charge is 0.408 e. The van der Waals surface area contributed by atoms with E-state index in [-0.39, 0.29) is 17.0 Å². The Morgan fingerprint density at radius 1 is 1.14 bits per heavy atom. The summed E-state index contributed by atoms with van der Waals surface area (Å²) in [6, 6.07) is 9.54. The zero-order chi connectivity index (χ0) is 30.4. The number of piperidine rings is 1. The molecule has 1 aliphatic carbocycles. The number of ether oxygens (including phenoxy) is 2. The minimum Gasteiger partial charge on any atom is -0.497 e. The summed E-state index contributed by atoms with van der Waals surface area (Å²) >= 11 is 7.90. The van der Waals surface area contributed by atoms with Crippen molar-refractivity contribution < 1.29 is 14.3 Å². The maximum atomic E-state index is 12.9. The lowest BCUT2D eigenvalue weighted by Crippen LogP contribution is -2.47. The van der Waals surface area contributed by atoms with Gasteiger partial charge in [-0.2, -0.15) is 0 Å². The Hall–Kier alpha value is -3.83. The number of aromatic amines is 1. The van der Waals surface area contributed by atoms with E-state index in [9.17, 15) is 9.59 Å². The van der Waals surface area contributed by atoms with E-state index in [2.05, 4.69) is 31.2 Å². The van der Waals surface area contributed by atoms with Crippen LogP contribution in [0.2, 0.25) is 5.02 Å². The lowest BCUT2D eigenvalue weighted by molar-refractivity contribution is 0.0428. The number of carbonyl (C=O) groups is 1. The highest BCUT2D eigenvalue weighted by Gasteiger charge is 2.49. The molecule has 12 heteroatoms. The molecular formula is C31H33ClN6O4S. The van der Waals surface area contributed by atoms with Crippen LogP contribution < -0.4 is 20.5 Å². The van der Waals surface area contributed by atoms with Crippen LogP contribution in [0.4, 0.5) is 10.6 Å². The minimum absolute atomic E-state index is 0.148. The SMILES string of the molecule is COc1ccc2c(c1)[C@@H](NC(=O)OC(C)(C)C)C1(CCN(c3cnc(Sc4ccc5nc[nH]c(=O)c5c4Cl)cn3)CC1)C2. The number of rotatable bonds is 5. The van der Waals surface area contributed by atoms with Gasteiger partial charge in [-0.05, 0) is 75.4 Å². The average molecular weight is 621 g/mol. The van der Waals surface area contributed by atoms with Crippen LogP contribution in [0.15, 0.2) is 63.8 Å². The number of nitrogens with zero attached hydrogens (tertiary/aromatic N) is 4. The maximum Gasteiger partial charge on any atom is 0.408 e. The van der Waals surface area contributed by atoms with Gasteiger partial charge in [0.1, 0.15) is 22.2 Å². The molecule has 4 aromatic rings. The quantitative estimate of drug-likeness (QED) is 0.279. The largest absolute Gasteiger partial charge is 0.497 e. The average Bonchev–Trinajstić information content (AvgIpc) is 3.25. The number of H-pyrrole nitrogens is 1. The van der Waals surface area contributed by atoms with Gasteiger partial charge in [-0.1, -0.05) is 29.4 Å². The number of fused-ring (bicyclic) bond motifs is 2. The highest BCUT2D eigenvalue weighted by molar-refractivity contribution is 7.99. The monoisotopic (exact) mass is 620 g/mol. The molecule has 1 aliphatic heterocycles. The van der Waals surface area contributed by atoms with Crippen molar-refractivity contribution in [3.05, 3.63) is 75.6 Å². The number of hydrogen-bond acceptors (Lipinski definition) is 9. The molecular weight excluding hydrogens is 588 g/mol. The highest BCUT2D eigenvalue weighted by Crippen LogP contribution is 2.53. The van der Waals surface area contributed by atoms with E-state index in [0.29, 0.717) is 25.8 Å². The highest BCUT2D eigenvalue weighted by atomic mass is 35.5. The Labute approximate surface area is 258 Å². The fourth-order valence-corrected chi connectivity index (χ4v) is 7.19. The number of aromatic nitrogens is 4. The van der Waals surface area contributed by atoms with Crippen LogP contribution in [-0.2, 0) is 11.2 Å². The molecule has 1 atom stereocenters. The Balaban J connectivity index is 1.17. The molecule has 2 aliphatic rings. The van der Waals surface area contributed by atoms with Crippen molar-refractivity contribution in [3.8, 4) is 5.75 Å². The fraction of sp³-hybridized carbons (Fsp3) is 0.387. The number of hydrogen-bond donors (Lipinski definition) is 2. The van der Waals surface area contributed by atoms with Gasteiger partial charge in [0.05, 0.1) is 47.8 Å². The second-order valence-electron chi connectivity index (χ2n) is 12.0. The van der Waals surface area contributed by atoms with E-state index >= 15 is 0 Å². The van der Waals surface area contributed by atoms with Gasteiger partial charge in [0.15, 0.2) is 0 Å². The number of benzene rings is 2. The van der Waals surface area contributed by atoms with Crippen LogP contribution in [0.25, 0.3) is 10.9 Å². The van der Waals surface area contributed by atoms with E-state index in [0.717, 1.165) is 49.5 Å². The predicted octanol–water partition coefficient (Wildman–Crippen LogP) is 5.94. The lowest BCUT2D eigenvalue weighted by Gasteiger charge is -2.43. The second kappa shape index (κ2) is 11.3. The summed E-state index contributed by atoms with van der Waals surface area (Å²) < 4.78 is 11.2. The van der Waals surface area contributed by atoms with Crippen LogP contribution >= 0.6 is 23.4 Å². The number of carbonyl (C=O) groups excluding carboxylic acids is 1. The third-order valence-electron chi connectivity index (χ3n) is 8.10. The number of halogens is 1. The maximum absolute atomic E-state index is 12.9. The lowest BCUT2D eigenvalue weighted by atomic mass is 9.72. The molecule has 0 saturated carbocycles. The van der Waals surface area contributed by atoms with Crippen molar-refractivity contribution in [2.24, 2.45) is 5.41 Å². The van der Waals surface area contributed by atoms with E-state index in [1.54, 1.807) is 25.6 Å². The van der Waals surface area contributed by atoms with Crippen molar-refractivity contribution in [2.75, 3.05) is 25.1 Å². The predicted molar refractivity (Wildman–Crippen MR) is 166 cm³/mol. The Morgan fingerprint density at radius 3 is 2.63 bits per heavy atom. The normalized spacial score (nSPS) is 17.6. The minimum atomic E-state index is -0.589. The molecule has 0 bridgehead atoms. The van der Waals surface area contributed by atoms with Gasteiger partial charge in [0.2, 0.25) is 0 Å². The van der Waals surface area contributed by atoms with Crippen LogP contribution in [0.3, 0.4) is 0 Å². The topological polar surface area (TPSA) is 122 Å². The van der Waals surface area contributed by atoms with Crippen molar-refractivity contribution in [3.63, 3.8) is 0 Å². The van der Waals surface area contributed by atoms with Crippen LogP contribution in [0, 0.1) is 5.41 Å². The molecule has 6 rings (SSSR count). The second-order valence-corrected chi connectivity index (χ2v) is 13.4. The van der Waals surface area contributed by atoms with Crippen molar-refractivity contribution in [1.29, 1.82) is 0 Å². The number of anilines is 1. The molecule has 2 N–H and O–H groups in total. The summed E-state index contributed by atoms with van der Waals surface area (Å²) in [7, 11) is 1.65. The Bertz CT molecular complexity index is 1730. The first-order chi connectivity index (χ1) is 20.5. The molecule has 0 unspecified atom stereocenters. The van der Waals surface area contributed by atoms with Gasteiger partial charge >= 0.3 is 6.09 Å². The Morgan fingerprint density at radius 2 is 1.93 bits per heavy atom. The summed E-state index contributed by atoms with van der Waals surface area (Å²) in [6.45, 7) is 7.14. The van der Waals surface area contributed by atoms with Gasteiger partial charge < -0.3 is 24.7 Å². The van der Waals surface area contributed by atoms with Gasteiger partial charge in [-0.25, -0.2) is 19.7 Å². The van der Waals surface area contributed by atoms with E-state index in [4.69, 9.17) is 26.1 Å². The summed E-state index contributed by atoms with van der Waals surface area (Å²) in [6.07, 6.45) is 7.03. The first-order valence-corrected chi connectivity index (χ1v) is 15.3. The van der Waals surface area contributed by atoms with Gasteiger partial charge in [0.25, 0.3) is 5.56 Å². The molecule has 1 saturated heterocycles. The van der Waals surface area contributed by atoms with E-state index in [1.165, 1.54) is 23.7 Å². The molecule has 1 spiro atoms. The first-order valence-electron chi connectivity index (χ1n) is 14.1. The number of amides is 1. The van der Waals surface area contributed by atoms with Crippen LogP contribution in [0.5, 0.6) is 5.75 Å². The molecule has 1 amide bonds. The zero-order valence-corrected chi connectivity index (χ0v) is 26.0. The van der Waals surface area contributed by atoms with Crippen LogP contribution in [-0.4, -0.2) is 51.8 Å². The third kappa shape index (κ3) is 5.88. The van der Waals surface area contributed by atoms with Crippen molar-refractivity contribution in [1.82, 2.24) is 25.3 Å². The molecule has 3 heterocycles. The summed E-state index contributed by atoms with van der Waals surface area (Å²) in [4.78, 5) is 44.2. The van der Waals surface area contributed by atoms with E-state index in [1.807, 2.05) is 39.0 Å². The van der Waals surface area contributed by atoms with Crippen molar-refractivity contribution >= 4 is 46.2 Å². The molecule has 1 fully saturated rings. The molecule has 2 aromatic heterocycles. The summed E-state index contributed by atoms with van der Waals surface area (Å²) in [5, 5.41) is 4.57. The standard InChI is InChI=1S/C31H33ClN6O4S/c1-30(2,3)42-29(40)37-27-20-13-19(41-4)6-5-18(20)14-31(27)9-11-38(12-10-31)23-15-34-24(16-33-23)43-22-8-7-21-25(26(22)32)28(39)36-17-35-21/h5-8,13,15-17,27H,9-12,14H2,1-4H3,(H,37,40)(H,35,36,39)/t27-/m1/s1. The number of nitrogens with one attached hydrogen (secondary N) is 2. The Kier molecular flexibility index (Phi) is 7.72. The van der Waals surface area contributed by atoms with Gasteiger partial charge in [-0.15, -0.1) is 0 Å². The number of methoxy groups -OCH3 is 1. The van der Waals surface area contributed by atoms with Crippen LogP contribution in [0.1, 0.15) is 50.8 Å². The molecule has 10 nitrogen and oxygen atoms in total. The summed E-state index contributed by atoms with van der Waals surface area (Å²) in [5.74, 6) is 1.56. The fourth-order valence-electron chi connectivity index (χ4n) is 6.06. The van der Waals surface area contributed by atoms with Gasteiger partial charge in [0, 0.05) is 23.4 Å².